The summed E-state index contributed by atoms with van der Waals surface area (Å²) >= 11 is 0. The molecule has 1 unspecified atom stereocenters. The highest BCUT2D eigenvalue weighted by molar-refractivity contribution is 5.82. The molecule has 102 valence electrons. The molecule has 0 radical (unpaired) electrons. The van der Waals surface area contributed by atoms with Crippen molar-refractivity contribution in [3.8, 4) is 6.01 Å². The molecule has 3 heterocycles. The molecule has 0 spiro atoms. The molecule has 2 aromatic rings. The van der Waals surface area contributed by atoms with E-state index in [0.29, 0.717) is 6.01 Å². The maximum Gasteiger partial charge on any atom is 0.317 e. The highest BCUT2D eigenvalue weighted by Gasteiger charge is 2.23. The van der Waals surface area contributed by atoms with Gasteiger partial charge in [0.05, 0.1) is 31.0 Å². The van der Waals surface area contributed by atoms with E-state index >= 15 is 0 Å². The quantitative estimate of drug-likeness (QED) is 0.873. The van der Waals surface area contributed by atoms with Crippen LogP contribution in [0.2, 0.25) is 0 Å². The van der Waals surface area contributed by atoms with Crippen LogP contribution in [0.25, 0.3) is 11.0 Å². The van der Waals surface area contributed by atoms with Gasteiger partial charge in [0, 0.05) is 31.9 Å². The van der Waals surface area contributed by atoms with Crippen molar-refractivity contribution in [3.05, 3.63) is 17.5 Å². The smallest absolute Gasteiger partial charge is 0.317 e. The normalized spacial score (nSPS) is 19.8. The average molecular weight is 262 g/mol. The van der Waals surface area contributed by atoms with Gasteiger partial charge >= 0.3 is 6.01 Å². The van der Waals surface area contributed by atoms with Gasteiger partial charge in [0.1, 0.15) is 5.52 Å². The number of nitrogens with zero attached hydrogens (tertiary/aromatic N) is 3. The summed E-state index contributed by atoms with van der Waals surface area (Å²) in [4.78, 5) is 8.82. The van der Waals surface area contributed by atoms with Crippen molar-refractivity contribution >= 4 is 11.0 Å². The molecule has 1 aliphatic rings. The molecule has 2 aromatic heterocycles. The Kier molecular flexibility index (Phi) is 3.12. The Morgan fingerprint density at radius 3 is 3.00 bits per heavy atom. The largest absolute Gasteiger partial charge is 0.467 e. The first kappa shape index (κ1) is 12.4. The van der Waals surface area contributed by atoms with Gasteiger partial charge in [-0.05, 0) is 6.92 Å². The molecule has 1 N–H and O–H groups in total. The molecule has 0 aliphatic carbocycles. The monoisotopic (exact) mass is 262 g/mol. The van der Waals surface area contributed by atoms with E-state index in [-0.39, 0.29) is 6.10 Å². The van der Waals surface area contributed by atoms with Crippen LogP contribution in [-0.2, 0) is 11.8 Å². The Morgan fingerprint density at radius 1 is 1.47 bits per heavy atom. The van der Waals surface area contributed by atoms with Gasteiger partial charge in [-0.1, -0.05) is 0 Å². The van der Waals surface area contributed by atoms with Gasteiger partial charge in [-0.25, -0.2) is 0 Å². The molecule has 1 aliphatic heterocycles. The predicted molar refractivity (Wildman–Crippen MR) is 71.4 cm³/mol. The molecule has 1 atom stereocenters. The predicted octanol–water partition coefficient (Wildman–Crippen LogP) is 0.946. The van der Waals surface area contributed by atoms with Crippen LogP contribution in [0.1, 0.15) is 17.4 Å². The lowest BCUT2D eigenvalue weighted by Gasteiger charge is -2.23. The fourth-order valence-corrected chi connectivity index (χ4v) is 2.59. The van der Waals surface area contributed by atoms with Crippen LogP contribution in [0.15, 0.2) is 6.20 Å². The van der Waals surface area contributed by atoms with E-state index in [2.05, 4.69) is 26.0 Å². The van der Waals surface area contributed by atoms with Crippen molar-refractivity contribution in [1.82, 2.24) is 19.9 Å². The minimum atomic E-state index is 0.0384. The van der Waals surface area contributed by atoms with E-state index in [1.165, 1.54) is 0 Å². The van der Waals surface area contributed by atoms with E-state index in [0.717, 1.165) is 42.0 Å². The number of fused-ring (bicyclic) bond motifs is 1. The minimum Gasteiger partial charge on any atom is -0.467 e. The number of aryl methyl sites for hydroxylation is 2. The van der Waals surface area contributed by atoms with Gasteiger partial charge < -0.3 is 19.4 Å². The minimum absolute atomic E-state index is 0.0384. The lowest BCUT2D eigenvalue weighted by atomic mass is 10.1. The number of hydrogen-bond donors (Lipinski definition) is 1. The lowest BCUT2D eigenvalue weighted by Crippen LogP contribution is -2.33. The zero-order chi connectivity index (χ0) is 13.4. The summed E-state index contributed by atoms with van der Waals surface area (Å²) in [6.45, 7) is 4.40. The van der Waals surface area contributed by atoms with Gasteiger partial charge in [-0.2, -0.15) is 9.97 Å². The van der Waals surface area contributed by atoms with E-state index in [1.807, 2.05) is 14.0 Å². The first-order valence-electron chi connectivity index (χ1n) is 6.40. The molecule has 3 rings (SSSR count). The zero-order valence-electron chi connectivity index (χ0n) is 11.4. The summed E-state index contributed by atoms with van der Waals surface area (Å²) in [5, 5.41) is 3.34. The van der Waals surface area contributed by atoms with Crippen LogP contribution in [0.3, 0.4) is 0 Å². The Morgan fingerprint density at radius 2 is 2.32 bits per heavy atom. The number of rotatable bonds is 2. The van der Waals surface area contributed by atoms with E-state index in [4.69, 9.17) is 9.47 Å². The molecule has 0 saturated carbocycles. The van der Waals surface area contributed by atoms with Crippen molar-refractivity contribution in [2.24, 2.45) is 7.05 Å². The van der Waals surface area contributed by atoms with Crippen LogP contribution in [0, 0.1) is 6.92 Å². The average Bonchev–Trinajstić information content (AvgIpc) is 2.77. The summed E-state index contributed by atoms with van der Waals surface area (Å²) in [7, 11) is 3.59. The molecule has 19 heavy (non-hydrogen) atoms. The van der Waals surface area contributed by atoms with Gasteiger partial charge in [0.25, 0.3) is 0 Å². The second-order valence-electron chi connectivity index (χ2n) is 4.75. The van der Waals surface area contributed by atoms with Crippen molar-refractivity contribution in [1.29, 1.82) is 0 Å². The Balaban J connectivity index is 2.16. The summed E-state index contributed by atoms with van der Waals surface area (Å²) in [6, 6.07) is 0.404. The second kappa shape index (κ2) is 4.79. The third-order valence-electron chi connectivity index (χ3n) is 3.45. The first-order valence-corrected chi connectivity index (χ1v) is 6.40. The summed E-state index contributed by atoms with van der Waals surface area (Å²) in [6.07, 6.45) is 2.11. The maximum atomic E-state index is 5.82. The number of aromatic nitrogens is 3. The van der Waals surface area contributed by atoms with Crippen LogP contribution < -0.4 is 10.1 Å². The molecular weight excluding hydrogens is 244 g/mol. The van der Waals surface area contributed by atoms with Gasteiger partial charge in [-0.15, -0.1) is 0 Å². The van der Waals surface area contributed by atoms with Gasteiger partial charge in [0.15, 0.2) is 0 Å². The Bertz CT molecular complexity index is 602. The summed E-state index contributed by atoms with van der Waals surface area (Å²) in [5.74, 6) is 0. The first-order chi connectivity index (χ1) is 9.20. The highest BCUT2D eigenvalue weighted by Crippen LogP contribution is 2.29. The second-order valence-corrected chi connectivity index (χ2v) is 4.75. The molecule has 6 nitrogen and oxygen atoms in total. The molecule has 1 saturated heterocycles. The number of hydrogen-bond acceptors (Lipinski definition) is 5. The van der Waals surface area contributed by atoms with Crippen molar-refractivity contribution in [2.75, 3.05) is 26.8 Å². The van der Waals surface area contributed by atoms with Crippen molar-refractivity contribution in [3.63, 3.8) is 0 Å². The SMILES string of the molecule is COc1nc(C)c2c(n1)c(C1CNCCO1)cn2C. The zero-order valence-corrected chi connectivity index (χ0v) is 11.4. The fraction of sp³-hybridized carbons (Fsp3) is 0.538. The van der Waals surface area contributed by atoms with E-state index < -0.39 is 0 Å². The summed E-state index contributed by atoms with van der Waals surface area (Å²) < 4.78 is 13.0. The topological polar surface area (TPSA) is 61.2 Å². The van der Waals surface area contributed by atoms with E-state index in [9.17, 15) is 0 Å². The number of methoxy groups -OCH3 is 1. The van der Waals surface area contributed by atoms with Crippen LogP contribution in [-0.4, -0.2) is 41.3 Å². The Labute approximate surface area is 111 Å². The molecule has 0 amide bonds. The molecule has 0 aromatic carbocycles. The lowest BCUT2D eigenvalue weighted by molar-refractivity contribution is 0.0284. The molecule has 6 heteroatoms. The highest BCUT2D eigenvalue weighted by atomic mass is 16.5. The Hall–Kier alpha value is -1.66. The van der Waals surface area contributed by atoms with Gasteiger partial charge in [0.2, 0.25) is 0 Å². The van der Waals surface area contributed by atoms with Crippen molar-refractivity contribution in [2.45, 2.75) is 13.0 Å². The van der Waals surface area contributed by atoms with E-state index in [1.54, 1.807) is 7.11 Å². The standard InChI is InChI=1S/C13H18N4O2/c1-8-12-11(16-13(15-8)18-3)9(7-17(12)2)10-6-14-4-5-19-10/h7,10,14H,4-6H2,1-3H3. The number of nitrogens with one attached hydrogen (secondary N) is 1. The third kappa shape index (κ3) is 2.06. The van der Waals surface area contributed by atoms with Crippen molar-refractivity contribution < 1.29 is 9.47 Å². The molecule has 0 bridgehead atoms. The van der Waals surface area contributed by atoms with Crippen LogP contribution in [0.5, 0.6) is 6.01 Å². The molecular formula is C13H18N4O2. The summed E-state index contributed by atoms with van der Waals surface area (Å²) in [5.41, 5.74) is 3.96. The van der Waals surface area contributed by atoms with Gasteiger partial charge in [-0.3, -0.25) is 0 Å². The fourth-order valence-electron chi connectivity index (χ4n) is 2.59. The third-order valence-corrected chi connectivity index (χ3v) is 3.45. The molecule has 1 fully saturated rings. The van der Waals surface area contributed by atoms with Crippen LogP contribution >= 0.6 is 0 Å². The maximum absolute atomic E-state index is 5.82. The number of ether oxygens (including phenoxy) is 2. The number of morpholine rings is 1. The van der Waals surface area contributed by atoms with Crippen LogP contribution in [0.4, 0.5) is 0 Å².